The minimum Gasteiger partial charge on any atom is -0.368 e. The van der Waals surface area contributed by atoms with Crippen LogP contribution in [0, 0.1) is 6.92 Å². The van der Waals surface area contributed by atoms with E-state index in [9.17, 15) is 4.79 Å². The van der Waals surface area contributed by atoms with Gasteiger partial charge in [-0.25, -0.2) is 0 Å². The van der Waals surface area contributed by atoms with Gasteiger partial charge in [0.15, 0.2) is 0 Å². The number of carbonyl (C=O) groups excluding carboxylic acids is 1. The van der Waals surface area contributed by atoms with Crippen molar-refractivity contribution in [1.82, 2.24) is 10.3 Å². The molecule has 2 aromatic rings. The molecule has 21 heavy (non-hydrogen) atoms. The average Bonchev–Trinajstić information content (AvgIpc) is 2.87. The summed E-state index contributed by atoms with van der Waals surface area (Å²) >= 11 is 0. The normalized spacial score (nSPS) is 17.8. The fourth-order valence-corrected chi connectivity index (χ4v) is 2.95. The Morgan fingerprint density at radius 1 is 1.29 bits per heavy atom. The highest BCUT2D eigenvalue weighted by atomic mass is 16.5. The smallest absolute Gasteiger partial charge is 0.256 e. The summed E-state index contributed by atoms with van der Waals surface area (Å²) in [6, 6.07) is 7.96. The van der Waals surface area contributed by atoms with E-state index in [2.05, 4.69) is 21.7 Å². The molecule has 5 nitrogen and oxygen atoms in total. The number of fused-ring (bicyclic) bond motifs is 1. The van der Waals surface area contributed by atoms with Crippen molar-refractivity contribution in [2.75, 3.05) is 25.5 Å². The predicted molar refractivity (Wildman–Crippen MR) is 83.5 cm³/mol. The number of nitrogens with one attached hydrogen (secondary N) is 3. The number of rotatable bonds is 3. The lowest BCUT2D eigenvalue weighted by molar-refractivity contribution is -0.140. The molecule has 0 bridgehead atoms. The summed E-state index contributed by atoms with van der Waals surface area (Å²) in [4.78, 5) is 15.9. The van der Waals surface area contributed by atoms with E-state index in [0.29, 0.717) is 12.8 Å². The van der Waals surface area contributed by atoms with Crippen LogP contribution in [0.2, 0.25) is 0 Å². The fraction of sp³-hybridized carbons (Fsp3) is 0.438. The molecule has 0 aliphatic carbocycles. The number of aromatic nitrogens is 1. The second kappa shape index (κ2) is 5.50. The van der Waals surface area contributed by atoms with E-state index in [-0.39, 0.29) is 5.91 Å². The number of hydrogen-bond acceptors (Lipinski definition) is 3. The SMILES string of the molecule is COC1(C(=O)Nc2ccc3[nH]c(C)cc3c2)CCNCC1. The highest BCUT2D eigenvalue weighted by Gasteiger charge is 2.39. The lowest BCUT2D eigenvalue weighted by atomic mass is 9.91. The Labute approximate surface area is 124 Å². The van der Waals surface area contributed by atoms with E-state index in [1.807, 2.05) is 25.1 Å². The van der Waals surface area contributed by atoms with Crippen LogP contribution in [0.5, 0.6) is 0 Å². The quantitative estimate of drug-likeness (QED) is 0.810. The molecule has 0 unspecified atom stereocenters. The van der Waals surface area contributed by atoms with Crippen LogP contribution < -0.4 is 10.6 Å². The molecule has 3 rings (SSSR count). The van der Waals surface area contributed by atoms with Gasteiger partial charge in [0.1, 0.15) is 5.60 Å². The molecule has 1 aliphatic heterocycles. The second-order valence-electron chi connectivity index (χ2n) is 5.66. The van der Waals surface area contributed by atoms with E-state index in [0.717, 1.165) is 35.4 Å². The lowest BCUT2D eigenvalue weighted by Gasteiger charge is -2.34. The van der Waals surface area contributed by atoms with Gasteiger partial charge in [-0.1, -0.05) is 0 Å². The zero-order valence-electron chi connectivity index (χ0n) is 12.5. The number of piperidine rings is 1. The van der Waals surface area contributed by atoms with Gasteiger partial charge in [0, 0.05) is 29.4 Å². The van der Waals surface area contributed by atoms with Crippen molar-refractivity contribution in [3.8, 4) is 0 Å². The first-order valence-electron chi connectivity index (χ1n) is 7.30. The molecule has 1 aromatic heterocycles. The first kappa shape index (κ1) is 14.1. The van der Waals surface area contributed by atoms with Crippen LogP contribution in [0.25, 0.3) is 10.9 Å². The number of hydrogen-bond donors (Lipinski definition) is 3. The fourth-order valence-electron chi connectivity index (χ4n) is 2.95. The van der Waals surface area contributed by atoms with Gasteiger partial charge in [0.2, 0.25) is 0 Å². The Morgan fingerprint density at radius 2 is 2.05 bits per heavy atom. The maximum Gasteiger partial charge on any atom is 0.256 e. The molecule has 1 aromatic carbocycles. The van der Waals surface area contributed by atoms with Crippen LogP contribution in [-0.4, -0.2) is 36.7 Å². The Bertz CT molecular complexity index is 657. The van der Waals surface area contributed by atoms with Crippen molar-refractivity contribution in [1.29, 1.82) is 0 Å². The summed E-state index contributed by atoms with van der Waals surface area (Å²) in [5, 5.41) is 7.35. The first-order valence-corrected chi connectivity index (χ1v) is 7.30. The third kappa shape index (κ3) is 2.66. The molecule has 1 aliphatic rings. The number of benzene rings is 1. The molecule has 3 N–H and O–H groups in total. The Balaban J connectivity index is 1.81. The Kier molecular flexibility index (Phi) is 3.69. The number of carbonyl (C=O) groups is 1. The van der Waals surface area contributed by atoms with Crippen molar-refractivity contribution >= 4 is 22.5 Å². The monoisotopic (exact) mass is 287 g/mol. The van der Waals surface area contributed by atoms with Crippen LogP contribution in [-0.2, 0) is 9.53 Å². The van der Waals surface area contributed by atoms with Crippen molar-refractivity contribution < 1.29 is 9.53 Å². The zero-order chi connectivity index (χ0) is 14.9. The number of methoxy groups -OCH3 is 1. The van der Waals surface area contributed by atoms with Crippen LogP contribution in [0.3, 0.4) is 0 Å². The van der Waals surface area contributed by atoms with Crippen molar-refractivity contribution in [2.24, 2.45) is 0 Å². The van der Waals surface area contributed by atoms with Crippen molar-refractivity contribution in [3.05, 3.63) is 30.0 Å². The Hall–Kier alpha value is -1.85. The van der Waals surface area contributed by atoms with Crippen molar-refractivity contribution in [3.63, 3.8) is 0 Å². The summed E-state index contributed by atoms with van der Waals surface area (Å²) in [6.07, 6.45) is 1.39. The molecular formula is C16H21N3O2. The third-order valence-electron chi connectivity index (χ3n) is 4.23. The van der Waals surface area contributed by atoms with Crippen LogP contribution in [0.15, 0.2) is 24.3 Å². The van der Waals surface area contributed by atoms with Gasteiger partial charge in [-0.05, 0) is 57.1 Å². The minimum absolute atomic E-state index is 0.0573. The molecular weight excluding hydrogens is 266 g/mol. The highest BCUT2D eigenvalue weighted by molar-refractivity contribution is 5.99. The summed E-state index contributed by atoms with van der Waals surface area (Å²) < 4.78 is 5.55. The zero-order valence-corrected chi connectivity index (χ0v) is 12.5. The molecule has 5 heteroatoms. The van der Waals surface area contributed by atoms with E-state index in [1.54, 1.807) is 7.11 Å². The maximum absolute atomic E-state index is 12.6. The second-order valence-corrected chi connectivity index (χ2v) is 5.66. The summed E-state index contributed by atoms with van der Waals surface area (Å²) in [5.74, 6) is -0.0573. The molecule has 0 spiro atoms. The predicted octanol–water partition coefficient (Wildman–Crippen LogP) is 2.18. The number of H-pyrrole nitrogens is 1. The molecule has 1 amide bonds. The largest absolute Gasteiger partial charge is 0.368 e. The van der Waals surface area contributed by atoms with Gasteiger partial charge in [0.25, 0.3) is 5.91 Å². The number of anilines is 1. The number of amides is 1. The van der Waals surface area contributed by atoms with Crippen LogP contribution >= 0.6 is 0 Å². The summed E-state index contributed by atoms with van der Waals surface area (Å²) in [5.41, 5.74) is 2.28. The Morgan fingerprint density at radius 3 is 2.76 bits per heavy atom. The van der Waals surface area contributed by atoms with Gasteiger partial charge < -0.3 is 20.4 Å². The summed E-state index contributed by atoms with van der Waals surface area (Å²) in [7, 11) is 1.61. The maximum atomic E-state index is 12.6. The first-order chi connectivity index (χ1) is 10.1. The van der Waals surface area contributed by atoms with Crippen molar-refractivity contribution in [2.45, 2.75) is 25.4 Å². The van der Waals surface area contributed by atoms with Gasteiger partial charge >= 0.3 is 0 Å². The third-order valence-corrected chi connectivity index (χ3v) is 4.23. The van der Waals surface area contributed by atoms with E-state index < -0.39 is 5.60 Å². The number of ether oxygens (including phenoxy) is 1. The van der Waals surface area contributed by atoms with Gasteiger partial charge in [-0.2, -0.15) is 0 Å². The van der Waals surface area contributed by atoms with E-state index in [1.165, 1.54) is 0 Å². The highest BCUT2D eigenvalue weighted by Crippen LogP contribution is 2.26. The number of aromatic amines is 1. The average molecular weight is 287 g/mol. The number of aryl methyl sites for hydroxylation is 1. The van der Waals surface area contributed by atoms with Gasteiger partial charge in [-0.15, -0.1) is 0 Å². The molecule has 0 saturated carbocycles. The summed E-state index contributed by atoms with van der Waals surface area (Å²) in [6.45, 7) is 3.63. The van der Waals surface area contributed by atoms with Gasteiger partial charge in [0.05, 0.1) is 0 Å². The molecule has 0 radical (unpaired) electrons. The molecule has 0 atom stereocenters. The minimum atomic E-state index is -0.714. The van der Waals surface area contributed by atoms with Crippen LogP contribution in [0.4, 0.5) is 5.69 Å². The lowest BCUT2D eigenvalue weighted by Crippen LogP contribution is -2.51. The molecule has 1 fully saturated rings. The van der Waals surface area contributed by atoms with Gasteiger partial charge in [-0.3, -0.25) is 4.79 Å². The molecule has 112 valence electrons. The van der Waals surface area contributed by atoms with E-state index in [4.69, 9.17) is 4.74 Å². The topological polar surface area (TPSA) is 66.1 Å². The standard InChI is InChI=1S/C16H21N3O2/c1-11-9-12-10-13(3-4-14(12)18-11)19-15(20)16(21-2)5-7-17-8-6-16/h3-4,9-10,17-18H,5-8H2,1-2H3,(H,19,20). The van der Waals surface area contributed by atoms with Crippen LogP contribution in [0.1, 0.15) is 18.5 Å². The molecule has 1 saturated heterocycles. The molecule has 2 heterocycles. The van der Waals surface area contributed by atoms with E-state index >= 15 is 0 Å².